The molecule has 0 aliphatic carbocycles. The van der Waals surface area contributed by atoms with Crippen LogP contribution in [0.2, 0.25) is 0 Å². The number of halogens is 2. The molecule has 0 radical (unpaired) electrons. The van der Waals surface area contributed by atoms with Crippen LogP contribution in [0.25, 0.3) is 0 Å². The molecule has 3 nitrogen and oxygen atoms in total. The van der Waals surface area contributed by atoms with Crippen LogP contribution in [-0.4, -0.2) is 18.0 Å². The molecule has 1 atom stereocenters. The van der Waals surface area contributed by atoms with Crippen LogP contribution in [0.1, 0.15) is 31.1 Å². The largest absolute Gasteiger partial charge is 0.345 e. The van der Waals surface area contributed by atoms with Crippen LogP contribution >= 0.6 is 22.6 Å². The summed E-state index contributed by atoms with van der Waals surface area (Å²) in [7, 11) is 0. The fourth-order valence-electron chi connectivity index (χ4n) is 1.43. The topological polar surface area (TPSA) is 55.1 Å². The predicted molar refractivity (Wildman–Crippen MR) is 78.9 cm³/mol. The van der Waals surface area contributed by atoms with E-state index in [2.05, 4.69) is 5.32 Å². The lowest BCUT2D eigenvalue weighted by Crippen LogP contribution is -2.55. The number of rotatable bonds is 4. The third kappa shape index (κ3) is 3.41. The first-order valence-electron chi connectivity index (χ1n) is 5.78. The minimum absolute atomic E-state index is 0.213. The van der Waals surface area contributed by atoms with Gasteiger partial charge in [-0.25, -0.2) is 4.39 Å². The molecule has 0 heterocycles. The lowest BCUT2D eigenvalue weighted by Gasteiger charge is -2.33. The maximum Gasteiger partial charge on any atom is 0.252 e. The molecular formula is C13H18FIN2O. The van der Waals surface area contributed by atoms with Crippen LogP contribution in [0.5, 0.6) is 0 Å². The smallest absolute Gasteiger partial charge is 0.252 e. The Bertz CT molecular complexity index is 451. The van der Waals surface area contributed by atoms with E-state index in [1.54, 1.807) is 0 Å². The number of amides is 1. The van der Waals surface area contributed by atoms with Gasteiger partial charge in [0.05, 0.1) is 11.1 Å². The number of nitrogens with one attached hydrogen (secondary N) is 1. The fourth-order valence-corrected chi connectivity index (χ4v) is 2.15. The maximum absolute atomic E-state index is 13.0. The van der Waals surface area contributed by atoms with Crippen LogP contribution in [0.4, 0.5) is 4.39 Å². The standard InChI is InChI=1S/C13H18FIN2O/c1-8(2)13(3,7-16)17-12(18)10-5-4-9(14)6-11(10)15/h4-6,8H,7,16H2,1-3H3,(H,17,18). The van der Waals surface area contributed by atoms with Gasteiger partial charge in [-0.05, 0) is 53.6 Å². The van der Waals surface area contributed by atoms with Gasteiger partial charge in [-0.2, -0.15) is 0 Å². The molecule has 0 saturated carbocycles. The third-order valence-corrected chi connectivity index (χ3v) is 4.17. The van der Waals surface area contributed by atoms with E-state index in [0.29, 0.717) is 15.7 Å². The summed E-state index contributed by atoms with van der Waals surface area (Å²) in [4.78, 5) is 12.2. The van der Waals surface area contributed by atoms with E-state index in [-0.39, 0.29) is 17.6 Å². The van der Waals surface area contributed by atoms with Crippen molar-refractivity contribution in [3.05, 3.63) is 33.1 Å². The first-order chi connectivity index (χ1) is 8.30. The van der Waals surface area contributed by atoms with Crippen LogP contribution in [0, 0.1) is 15.3 Å². The quantitative estimate of drug-likeness (QED) is 0.807. The average molecular weight is 364 g/mol. The van der Waals surface area contributed by atoms with Crippen molar-refractivity contribution in [3.8, 4) is 0 Å². The molecule has 0 aliphatic heterocycles. The molecule has 1 aromatic carbocycles. The fraction of sp³-hybridized carbons (Fsp3) is 0.462. The van der Waals surface area contributed by atoms with Gasteiger partial charge in [-0.15, -0.1) is 0 Å². The molecule has 3 N–H and O–H groups in total. The van der Waals surface area contributed by atoms with Gasteiger partial charge in [-0.3, -0.25) is 4.79 Å². The second-order valence-corrected chi connectivity index (χ2v) is 6.02. The first kappa shape index (κ1) is 15.4. The zero-order valence-corrected chi connectivity index (χ0v) is 12.9. The molecule has 1 aromatic rings. The molecule has 0 fully saturated rings. The highest BCUT2D eigenvalue weighted by Crippen LogP contribution is 2.18. The minimum atomic E-state index is -0.464. The molecule has 100 valence electrons. The van der Waals surface area contributed by atoms with Crippen molar-refractivity contribution in [2.75, 3.05) is 6.54 Å². The Kier molecular flexibility index (Phi) is 5.10. The summed E-state index contributed by atoms with van der Waals surface area (Å²) in [5.74, 6) is -0.355. The molecule has 0 aliphatic rings. The maximum atomic E-state index is 13.0. The molecule has 0 saturated heterocycles. The van der Waals surface area contributed by atoms with E-state index < -0.39 is 5.54 Å². The Morgan fingerprint density at radius 2 is 2.17 bits per heavy atom. The van der Waals surface area contributed by atoms with Crippen molar-refractivity contribution in [2.24, 2.45) is 11.7 Å². The average Bonchev–Trinajstić information content (AvgIpc) is 2.28. The Balaban J connectivity index is 2.95. The number of carbonyl (C=O) groups is 1. The number of benzene rings is 1. The van der Waals surface area contributed by atoms with Crippen molar-refractivity contribution >= 4 is 28.5 Å². The molecule has 1 rings (SSSR count). The van der Waals surface area contributed by atoms with E-state index in [4.69, 9.17) is 5.73 Å². The van der Waals surface area contributed by atoms with Crippen LogP contribution in [0.15, 0.2) is 18.2 Å². The minimum Gasteiger partial charge on any atom is -0.345 e. The molecular weight excluding hydrogens is 346 g/mol. The molecule has 5 heteroatoms. The van der Waals surface area contributed by atoms with Crippen LogP contribution < -0.4 is 11.1 Å². The molecule has 0 spiro atoms. The van der Waals surface area contributed by atoms with Gasteiger partial charge in [0.15, 0.2) is 0 Å². The van der Waals surface area contributed by atoms with Gasteiger partial charge < -0.3 is 11.1 Å². The summed E-state index contributed by atoms with van der Waals surface area (Å²) in [5.41, 5.74) is 5.73. The van der Waals surface area contributed by atoms with Gasteiger partial charge in [0, 0.05) is 10.1 Å². The Morgan fingerprint density at radius 3 is 2.61 bits per heavy atom. The van der Waals surface area contributed by atoms with Crippen LogP contribution in [0.3, 0.4) is 0 Å². The molecule has 1 amide bonds. The number of hydrogen-bond donors (Lipinski definition) is 2. The Labute approximate surface area is 120 Å². The van der Waals surface area contributed by atoms with E-state index in [1.165, 1.54) is 18.2 Å². The summed E-state index contributed by atoms with van der Waals surface area (Å²) >= 11 is 1.95. The zero-order valence-electron chi connectivity index (χ0n) is 10.8. The van der Waals surface area contributed by atoms with E-state index >= 15 is 0 Å². The Hall–Kier alpha value is -0.690. The molecule has 18 heavy (non-hydrogen) atoms. The summed E-state index contributed by atoms with van der Waals surface area (Å²) < 4.78 is 13.6. The monoisotopic (exact) mass is 364 g/mol. The number of carbonyl (C=O) groups excluding carboxylic acids is 1. The van der Waals surface area contributed by atoms with Crippen molar-refractivity contribution in [1.29, 1.82) is 0 Å². The van der Waals surface area contributed by atoms with Crippen LogP contribution in [-0.2, 0) is 0 Å². The second-order valence-electron chi connectivity index (χ2n) is 4.85. The van der Waals surface area contributed by atoms with Gasteiger partial charge in [0.1, 0.15) is 5.82 Å². The van der Waals surface area contributed by atoms with Gasteiger partial charge in [0.25, 0.3) is 5.91 Å². The van der Waals surface area contributed by atoms with E-state index in [1.807, 2.05) is 43.4 Å². The normalized spacial score (nSPS) is 14.4. The predicted octanol–water partition coefficient (Wildman–Crippen LogP) is 2.53. The Morgan fingerprint density at radius 1 is 1.56 bits per heavy atom. The molecule has 0 bridgehead atoms. The first-order valence-corrected chi connectivity index (χ1v) is 6.85. The summed E-state index contributed by atoms with van der Waals surface area (Å²) in [6.07, 6.45) is 0. The van der Waals surface area contributed by atoms with E-state index in [0.717, 1.165) is 0 Å². The lowest BCUT2D eigenvalue weighted by atomic mass is 9.88. The summed E-state index contributed by atoms with van der Waals surface area (Å²) in [6, 6.07) is 4.11. The van der Waals surface area contributed by atoms with Crippen molar-refractivity contribution < 1.29 is 9.18 Å². The summed E-state index contributed by atoms with van der Waals surface area (Å²) in [5, 5.41) is 2.93. The second kappa shape index (κ2) is 5.97. The van der Waals surface area contributed by atoms with Crippen molar-refractivity contribution in [2.45, 2.75) is 26.3 Å². The van der Waals surface area contributed by atoms with E-state index in [9.17, 15) is 9.18 Å². The third-order valence-electron chi connectivity index (χ3n) is 3.27. The van der Waals surface area contributed by atoms with Gasteiger partial charge in [-0.1, -0.05) is 13.8 Å². The molecule has 0 aromatic heterocycles. The highest BCUT2D eigenvalue weighted by Gasteiger charge is 2.29. The summed E-state index contributed by atoms with van der Waals surface area (Å²) in [6.45, 7) is 6.27. The zero-order chi connectivity index (χ0) is 13.9. The van der Waals surface area contributed by atoms with Gasteiger partial charge in [0.2, 0.25) is 0 Å². The lowest BCUT2D eigenvalue weighted by molar-refractivity contribution is 0.0882. The SMILES string of the molecule is CC(C)C(C)(CN)NC(=O)c1ccc(F)cc1I. The number of hydrogen-bond acceptors (Lipinski definition) is 2. The van der Waals surface area contributed by atoms with Crippen molar-refractivity contribution in [3.63, 3.8) is 0 Å². The highest BCUT2D eigenvalue weighted by molar-refractivity contribution is 14.1. The molecule has 1 unspecified atom stereocenters. The van der Waals surface area contributed by atoms with Crippen molar-refractivity contribution in [1.82, 2.24) is 5.32 Å². The number of nitrogens with two attached hydrogens (primary N) is 1. The van der Waals surface area contributed by atoms with Gasteiger partial charge >= 0.3 is 0 Å². The highest BCUT2D eigenvalue weighted by atomic mass is 127.